The van der Waals surface area contributed by atoms with E-state index < -0.39 is 0 Å². The van der Waals surface area contributed by atoms with Crippen molar-refractivity contribution in [1.29, 1.82) is 0 Å². The molecule has 1 aromatic carbocycles. The van der Waals surface area contributed by atoms with Crippen molar-refractivity contribution in [3.63, 3.8) is 0 Å². The zero-order valence-corrected chi connectivity index (χ0v) is 15.5. The van der Waals surface area contributed by atoms with Gasteiger partial charge in [-0.2, -0.15) is 0 Å². The monoisotopic (exact) mass is 365 g/mol. The number of likely N-dealkylation sites (tertiary alicyclic amines) is 1. The number of rotatable bonds is 5. The molecule has 2 unspecified atom stereocenters. The third-order valence-electron chi connectivity index (χ3n) is 5.21. The smallest absolute Gasteiger partial charge is 0.227 e. The van der Waals surface area contributed by atoms with Crippen LogP contribution in [0.5, 0.6) is 0 Å². The second-order valence-corrected chi connectivity index (χ2v) is 7.11. The second kappa shape index (κ2) is 8.68. The Labute approximate surface area is 155 Å². The molecule has 6 heteroatoms. The minimum Gasteiger partial charge on any atom is -0.353 e. The first kappa shape index (κ1) is 19.7. The molecular formula is C19H28ClN3O2. The molecule has 2 aliphatic rings. The molecule has 1 saturated heterocycles. The normalized spacial score (nSPS) is 20.3. The Morgan fingerprint density at radius 1 is 1.12 bits per heavy atom. The summed E-state index contributed by atoms with van der Waals surface area (Å²) in [6.45, 7) is 3.29. The topological polar surface area (TPSA) is 75.4 Å². The molecule has 5 nitrogen and oxygen atoms in total. The summed E-state index contributed by atoms with van der Waals surface area (Å²) in [5.74, 6) is 0.302. The largest absolute Gasteiger partial charge is 0.353 e. The summed E-state index contributed by atoms with van der Waals surface area (Å²) >= 11 is 0. The predicted octanol–water partition coefficient (Wildman–Crippen LogP) is 2.26. The summed E-state index contributed by atoms with van der Waals surface area (Å²) in [5, 5.41) is 3.12. The van der Waals surface area contributed by atoms with Gasteiger partial charge in [-0.15, -0.1) is 12.4 Å². The summed E-state index contributed by atoms with van der Waals surface area (Å²) in [6, 6.07) is 9.69. The Bertz CT molecular complexity index is 584. The molecule has 138 valence electrons. The lowest BCUT2D eigenvalue weighted by atomic mass is 9.93. The van der Waals surface area contributed by atoms with Gasteiger partial charge in [0.05, 0.1) is 5.92 Å². The number of amides is 2. The number of nitrogens with zero attached hydrogens (tertiary/aromatic N) is 1. The number of benzene rings is 1. The highest BCUT2D eigenvalue weighted by molar-refractivity contribution is 5.85. The molecule has 3 N–H and O–H groups in total. The zero-order valence-electron chi connectivity index (χ0n) is 14.7. The number of piperidine rings is 1. The van der Waals surface area contributed by atoms with Gasteiger partial charge in [0, 0.05) is 31.1 Å². The number of hydrogen-bond acceptors (Lipinski definition) is 3. The molecule has 0 bridgehead atoms. The van der Waals surface area contributed by atoms with Crippen molar-refractivity contribution in [1.82, 2.24) is 10.2 Å². The minimum atomic E-state index is -0.286. The van der Waals surface area contributed by atoms with Crippen LogP contribution in [0.3, 0.4) is 0 Å². The maximum atomic E-state index is 12.7. The SMILES string of the molecule is CC(C(=O)N1CCC(NC(=O)C2CC2)CC1)C(N)c1ccccc1.Cl. The molecule has 25 heavy (non-hydrogen) atoms. The number of carbonyl (C=O) groups is 2. The van der Waals surface area contributed by atoms with Crippen LogP contribution < -0.4 is 11.1 Å². The highest BCUT2D eigenvalue weighted by atomic mass is 35.5. The van der Waals surface area contributed by atoms with E-state index in [0.717, 1.165) is 31.2 Å². The van der Waals surface area contributed by atoms with Gasteiger partial charge < -0.3 is 16.0 Å². The summed E-state index contributed by atoms with van der Waals surface area (Å²) < 4.78 is 0. The summed E-state index contributed by atoms with van der Waals surface area (Å²) in [7, 11) is 0. The maximum Gasteiger partial charge on any atom is 0.227 e. The quantitative estimate of drug-likeness (QED) is 0.840. The van der Waals surface area contributed by atoms with Crippen molar-refractivity contribution >= 4 is 24.2 Å². The Morgan fingerprint density at radius 2 is 1.72 bits per heavy atom. The fourth-order valence-corrected chi connectivity index (χ4v) is 3.31. The first-order valence-electron chi connectivity index (χ1n) is 8.96. The molecule has 1 heterocycles. The molecule has 3 rings (SSSR count). The van der Waals surface area contributed by atoms with Gasteiger partial charge in [-0.1, -0.05) is 37.3 Å². The third-order valence-corrected chi connectivity index (χ3v) is 5.21. The van der Waals surface area contributed by atoms with Gasteiger partial charge in [0.15, 0.2) is 0 Å². The molecule has 0 spiro atoms. The van der Waals surface area contributed by atoms with E-state index in [1.807, 2.05) is 42.2 Å². The van der Waals surface area contributed by atoms with Gasteiger partial charge in [-0.3, -0.25) is 9.59 Å². The van der Waals surface area contributed by atoms with Crippen LogP contribution in [0.4, 0.5) is 0 Å². The number of carbonyl (C=O) groups excluding carboxylic acids is 2. The van der Waals surface area contributed by atoms with Crippen LogP contribution in [0.25, 0.3) is 0 Å². The van der Waals surface area contributed by atoms with Crippen molar-refractivity contribution < 1.29 is 9.59 Å². The molecule has 1 aliphatic carbocycles. The van der Waals surface area contributed by atoms with E-state index in [9.17, 15) is 9.59 Å². The Kier molecular flexibility index (Phi) is 6.85. The number of halogens is 1. The van der Waals surface area contributed by atoms with Gasteiger partial charge in [0.1, 0.15) is 0 Å². The lowest BCUT2D eigenvalue weighted by molar-refractivity contribution is -0.136. The van der Waals surface area contributed by atoms with E-state index in [2.05, 4.69) is 5.32 Å². The summed E-state index contributed by atoms with van der Waals surface area (Å²) in [5.41, 5.74) is 7.27. The average Bonchev–Trinajstić information content (AvgIpc) is 3.46. The fraction of sp³-hybridized carbons (Fsp3) is 0.579. The van der Waals surface area contributed by atoms with Gasteiger partial charge >= 0.3 is 0 Å². The Balaban J connectivity index is 0.00000225. The summed E-state index contributed by atoms with van der Waals surface area (Å²) in [6.07, 6.45) is 3.71. The third kappa shape index (κ3) is 4.95. The lowest BCUT2D eigenvalue weighted by Gasteiger charge is -2.35. The fourth-order valence-electron chi connectivity index (χ4n) is 3.31. The van der Waals surface area contributed by atoms with Crippen LogP contribution in [-0.4, -0.2) is 35.8 Å². The van der Waals surface area contributed by atoms with E-state index in [-0.39, 0.29) is 48.1 Å². The zero-order chi connectivity index (χ0) is 17.1. The van der Waals surface area contributed by atoms with Crippen LogP contribution in [-0.2, 0) is 9.59 Å². The average molecular weight is 366 g/mol. The highest BCUT2D eigenvalue weighted by Gasteiger charge is 2.33. The molecule has 1 saturated carbocycles. The minimum absolute atomic E-state index is 0. The van der Waals surface area contributed by atoms with Crippen LogP contribution in [0.15, 0.2) is 30.3 Å². The van der Waals surface area contributed by atoms with Crippen LogP contribution in [0.1, 0.15) is 44.2 Å². The first-order valence-corrected chi connectivity index (χ1v) is 8.96. The van der Waals surface area contributed by atoms with Crippen molar-refractivity contribution in [2.45, 2.75) is 44.7 Å². The van der Waals surface area contributed by atoms with E-state index >= 15 is 0 Å². The predicted molar refractivity (Wildman–Crippen MR) is 100 cm³/mol. The van der Waals surface area contributed by atoms with E-state index in [1.165, 1.54) is 0 Å². The van der Waals surface area contributed by atoms with Gasteiger partial charge in [0.25, 0.3) is 0 Å². The molecule has 2 amide bonds. The van der Waals surface area contributed by atoms with Crippen LogP contribution >= 0.6 is 12.4 Å². The molecule has 0 radical (unpaired) electrons. The molecule has 2 fully saturated rings. The first-order chi connectivity index (χ1) is 11.6. The summed E-state index contributed by atoms with van der Waals surface area (Å²) in [4.78, 5) is 26.4. The Hall–Kier alpha value is -1.59. The molecule has 1 aliphatic heterocycles. The van der Waals surface area contributed by atoms with Crippen LogP contribution in [0.2, 0.25) is 0 Å². The number of nitrogens with two attached hydrogens (primary N) is 1. The molecule has 1 aromatic rings. The number of nitrogens with one attached hydrogen (secondary N) is 1. The maximum absolute atomic E-state index is 12.7. The number of hydrogen-bond donors (Lipinski definition) is 2. The standard InChI is InChI=1S/C19H27N3O2.ClH/c1-13(17(20)14-5-3-2-4-6-14)19(24)22-11-9-16(10-12-22)21-18(23)15-7-8-15;/h2-6,13,15-17H,7-12,20H2,1H3,(H,21,23);1H. The van der Waals surface area contributed by atoms with Crippen LogP contribution in [0, 0.1) is 11.8 Å². The molecule has 0 aromatic heterocycles. The van der Waals surface area contributed by atoms with Gasteiger partial charge in [-0.25, -0.2) is 0 Å². The Morgan fingerprint density at radius 3 is 2.28 bits per heavy atom. The highest BCUT2D eigenvalue weighted by Crippen LogP contribution is 2.29. The van der Waals surface area contributed by atoms with Crippen molar-refractivity contribution in [2.75, 3.05) is 13.1 Å². The van der Waals surface area contributed by atoms with Crippen molar-refractivity contribution in [3.05, 3.63) is 35.9 Å². The van der Waals surface area contributed by atoms with E-state index in [0.29, 0.717) is 13.1 Å². The van der Waals surface area contributed by atoms with Gasteiger partial charge in [-0.05, 0) is 31.2 Å². The van der Waals surface area contributed by atoms with Crippen molar-refractivity contribution in [2.24, 2.45) is 17.6 Å². The molecular weight excluding hydrogens is 338 g/mol. The van der Waals surface area contributed by atoms with E-state index in [1.54, 1.807) is 0 Å². The molecule has 2 atom stereocenters. The van der Waals surface area contributed by atoms with Gasteiger partial charge in [0.2, 0.25) is 11.8 Å². The lowest BCUT2D eigenvalue weighted by Crippen LogP contribution is -2.49. The van der Waals surface area contributed by atoms with E-state index in [4.69, 9.17) is 5.73 Å². The second-order valence-electron chi connectivity index (χ2n) is 7.11. The van der Waals surface area contributed by atoms with Crippen molar-refractivity contribution in [3.8, 4) is 0 Å².